The van der Waals surface area contributed by atoms with Crippen molar-refractivity contribution in [3.8, 4) is 22.8 Å². The zero-order valence-electron chi connectivity index (χ0n) is 18.2. The van der Waals surface area contributed by atoms with Crippen LogP contribution in [0.2, 0.25) is 0 Å². The predicted octanol–water partition coefficient (Wildman–Crippen LogP) is 2.32. The summed E-state index contributed by atoms with van der Waals surface area (Å²) in [5.41, 5.74) is 6.78. The number of ether oxygens (including phenoxy) is 1. The highest BCUT2D eigenvalue weighted by molar-refractivity contribution is 7.90. The molecule has 1 fully saturated rings. The highest BCUT2D eigenvalue weighted by atomic mass is 32.2. The van der Waals surface area contributed by atoms with Crippen molar-refractivity contribution in [1.82, 2.24) is 15.0 Å². The van der Waals surface area contributed by atoms with Gasteiger partial charge >= 0.3 is 6.03 Å². The zero-order valence-corrected chi connectivity index (χ0v) is 19.0. The van der Waals surface area contributed by atoms with E-state index in [1.165, 1.54) is 6.07 Å². The van der Waals surface area contributed by atoms with E-state index in [9.17, 15) is 13.2 Å². The van der Waals surface area contributed by atoms with Gasteiger partial charge in [0.1, 0.15) is 0 Å². The molecule has 0 radical (unpaired) electrons. The van der Waals surface area contributed by atoms with Gasteiger partial charge in [-0.3, -0.25) is 0 Å². The fourth-order valence-electron chi connectivity index (χ4n) is 3.59. The van der Waals surface area contributed by atoms with Gasteiger partial charge in [-0.15, -0.1) is 0 Å². The Hall–Kier alpha value is -3.57. The molecular weight excluding hydrogens is 444 g/mol. The second kappa shape index (κ2) is 9.12. The number of anilines is 2. The van der Waals surface area contributed by atoms with Crippen LogP contribution in [0.15, 0.2) is 53.4 Å². The van der Waals surface area contributed by atoms with Crippen LogP contribution in [-0.2, 0) is 14.6 Å². The normalized spacial score (nSPS) is 16.4. The SMILES string of the molecule is C[C@H]1COCCN1c1nc(-c2ccc(NC(N)=O)cc2)nc(-c2ccccc2S(C)(=O)=O)n1. The first-order chi connectivity index (χ1) is 15.7. The minimum atomic E-state index is -3.51. The minimum absolute atomic E-state index is 0.0362. The van der Waals surface area contributed by atoms with Crippen molar-refractivity contribution in [3.05, 3.63) is 48.5 Å². The zero-order chi connectivity index (χ0) is 23.6. The van der Waals surface area contributed by atoms with E-state index in [1.807, 2.05) is 11.8 Å². The number of aromatic nitrogens is 3. The number of nitrogens with one attached hydrogen (secondary N) is 1. The number of morpholine rings is 1. The van der Waals surface area contributed by atoms with Crippen LogP contribution < -0.4 is 16.0 Å². The van der Waals surface area contributed by atoms with Gasteiger partial charge in [0, 0.05) is 29.6 Å². The topological polar surface area (TPSA) is 140 Å². The first-order valence-corrected chi connectivity index (χ1v) is 12.2. The lowest BCUT2D eigenvalue weighted by Gasteiger charge is -2.33. The Labute approximate surface area is 191 Å². The lowest BCUT2D eigenvalue weighted by Crippen LogP contribution is -2.44. The molecule has 1 atom stereocenters. The Bertz CT molecular complexity index is 1280. The maximum Gasteiger partial charge on any atom is 0.316 e. The molecule has 2 aromatic carbocycles. The number of sulfone groups is 1. The van der Waals surface area contributed by atoms with Crippen molar-refractivity contribution < 1.29 is 17.9 Å². The lowest BCUT2D eigenvalue weighted by atomic mass is 10.1. The molecule has 0 bridgehead atoms. The summed E-state index contributed by atoms with van der Waals surface area (Å²) in [7, 11) is -3.51. The van der Waals surface area contributed by atoms with Crippen molar-refractivity contribution >= 4 is 27.5 Å². The third-order valence-electron chi connectivity index (χ3n) is 5.19. The van der Waals surface area contributed by atoms with Crippen LogP contribution in [0.1, 0.15) is 6.92 Å². The maximum atomic E-state index is 12.4. The summed E-state index contributed by atoms with van der Waals surface area (Å²) in [5, 5.41) is 2.51. The van der Waals surface area contributed by atoms with Crippen LogP contribution in [0.3, 0.4) is 0 Å². The third-order valence-corrected chi connectivity index (χ3v) is 6.34. The molecule has 1 aromatic heterocycles. The molecule has 11 heteroatoms. The number of hydrogen-bond donors (Lipinski definition) is 2. The predicted molar refractivity (Wildman–Crippen MR) is 125 cm³/mol. The van der Waals surface area contributed by atoms with Crippen molar-refractivity contribution in [2.24, 2.45) is 5.73 Å². The van der Waals surface area contributed by atoms with Gasteiger partial charge in [-0.2, -0.15) is 9.97 Å². The second-order valence-corrected chi connectivity index (χ2v) is 9.72. The molecule has 1 saturated heterocycles. The van der Waals surface area contributed by atoms with Crippen molar-refractivity contribution in [1.29, 1.82) is 0 Å². The van der Waals surface area contributed by atoms with E-state index in [1.54, 1.807) is 42.5 Å². The molecule has 0 unspecified atom stereocenters. The monoisotopic (exact) mass is 468 g/mol. The van der Waals surface area contributed by atoms with Gasteiger partial charge in [0.2, 0.25) is 5.95 Å². The van der Waals surface area contributed by atoms with Gasteiger partial charge in [-0.05, 0) is 43.3 Å². The van der Waals surface area contributed by atoms with E-state index in [-0.39, 0.29) is 16.8 Å². The van der Waals surface area contributed by atoms with Gasteiger partial charge < -0.3 is 20.7 Å². The highest BCUT2D eigenvalue weighted by Crippen LogP contribution is 2.29. The second-order valence-electron chi connectivity index (χ2n) is 7.73. The molecule has 3 N–H and O–H groups in total. The highest BCUT2D eigenvalue weighted by Gasteiger charge is 2.25. The average Bonchev–Trinajstić information content (AvgIpc) is 2.78. The fraction of sp³-hybridized carbons (Fsp3) is 0.273. The summed E-state index contributed by atoms with van der Waals surface area (Å²) < 4.78 is 30.3. The number of carbonyl (C=O) groups is 1. The van der Waals surface area contributed by atoms with Crippen LogP contribution in [0.5, 0.6) is 0 Å². The van der Waals surface area contributed by atoms with Crippen molar-refractivity contribution in [2.75, 3.05) is 36.2 Å². The average molecular weight is 469 g/mol. The van der Waals surface area contributed by atoms with Gasteiger partial charge in [0.05, 0.1) is 24.2 Å². The van der Waals surface area contributed by atoms with E-state index >= 15 is 0 Å². The fourth-order valence-corrected chi connectivity index (χ4v) is 4.47. The smallest absolute Gasteiger partial charge is 0.316 e. The molecule has 0 saturated carbocycles. The third kappa shape index (κ3) is 5.10. The van der Waals surface area contributed by atoms with Crippen LogP contribution in [0.25, 0.3) is 22.8 Å². The van der Waals surface area contributed by atoms with Crippen molar-refractivity contribution in [2.45, 2.75) is 17.9 Å². The summed E-state index contributed by atoms with van der Waals surface area (Å²) in [6.45, 7) is 3.67. The molecule has 4 rings (SSSR count). The van der Waals surface area contributed by atoms with E-state index in [0.717, 1.165) is 6.26 Å². The molecule has 2 amide bonds. The molecule has 10 nitrogen and oxygen atoms in total. The van der Waals surface area contributed by atoms with Crippen LogP contribution in [-0.4, -0.2) is 61.5 Å². The Morgan fingerprint density at radius 1 is 1.09 bits per heavy atom. The Morgan fingerprint density at radius 2 is 1.79 bits per heavy atom. The standard InChI is InChI=1S/C22H24N6O4S/c1-14-13-32-12-11-28(14)22-26-19(15-7-9-16(10-8-15)24-21(23)29)25-20(27-22)17-5-3-4-6-18(17)33(2,30)31/h3-10,14H,11-13H2,1-2H3,(H3,23,24,29)/t14-/m0/s1. The molecular formula is C22H24N6O4S. The minimum Gasteiger partial charge on any atom is -0.377 e. The van der Waals surface area contributed by atoms with Gasteiger partial charge in [0.15, 0.2) is 21.5 Å². The summed E-state index contributed by atoms with van der Waals surface area (Å²) >= 11 is 0. The Balaban J connectivity index is 1.86. The molecule has 172 valence electrons. The number of benzene rings is 2. The van der Waals surface area contributed by atoms with E-state index < -0.39 is 15.9 Å². The Morgan fingerprint density at radius 3 is 2.45 bits per heavy atom. The van der Waals surface area contributed by atoms with Gasteiger partial charge in [-0.1, -0.05) is 12.1 Å². The number of rotatable bonds is 5. The summed E-state index contributed by atoms with van der Waals surface area (Å²) in [5.74, 6) is 1.07. The molecule has 33 heavy (non-hydrogen) atoms. The van der Waals surface area contributed by atoms with Crippen LogP contribution in [0, 0.1) is 0 Å². The largest absolute Gasteiger partial charge is 0.377 e. The van der Waals surface area contributed by atoms with E-state index in [2.05, 4.69) is 20.3 Å². The summed E-state index contributed by atoms with van der Waals surface area (Å²) in [4.78, 5) is 27.2. The van der Waals surface area contributed by atoms with Crippen LogP contribution in [0.4, 0.5) is 16.4 Å². The number of nitrogens with zero attached hydrogens (tertiary/aromatic N) is 4. The van der Waals surface area contributed by atoms with Crippen LogP contribution >= 0.6 is 0 Å². The first-order valence-electron chi connectivity index (χ1n) is 10.3. The number of hydrogen-bond acceptors (Lipinski definition) is 8. The molecule has 0 spiro atoms. The Kier molecular flexibility index (Phi) is 6.25. The first kappa shape index (κ1) is 22.6. The molecule has 3 aromatic rings. The number of nitrogens with two attached hydrogens (primary N) is 1. The van der Waals surface area contributed by atoms with E-state index in [4.69, 9.17) is 10.5 Å². The van der Waals surface area contributed by atoms with Gasteiger partial charge in [0.25, 0.3) is 0 Å². The molecule has 1 aliphatic rings. The van der Waals surface area contributed by atoms with E-state index in [0.29, 0.717) is 48.3 Å². The molecule has 1 aliphatic heterocycles. The number of primary amides is 1. The summed E-state index contributed by atoms with van der Waals surface area (Å²) in [6, 6.07) is 12.9. The number of carbonyl (C=O) groups excluding carboxylic acids is 1. The van der Waals surface area contributed by atoms with Gasteiger partial charge in [-0.25, -0.2) is 18.2 Å². The van der Waals surface area contributed by atoms with Crippen molar-refractivity contribution in [3.63, 3.8) is 0 Å². The summed E-state index contributed by atoms with van der Waals surface area (Å²) in [6.07, 6.45) is 1.16. The molecule has 2 heterocycles. The number of amides is 2. The quantitative estimate of drug-likeness (QED) is 0.581. The molecule has 0 aliphatic carbocycles. The number of urea groups is 1. The lowest BCUT2D eigenvalue weighted by molar-refractivity contribution is 0.0981. The maximum absolute atomic E-state index is 12.4.